The Morgan fingerprint density at radius 1 is 0.900 bits per heavy atom. The summed E-state index contributed by atoms with van der Waals surface area (Å²) in [6.07, 6.45) is 2.20. The van der Waals surface area contributed by atoms with E-state index in [9.17, 15) is 9.59 Å². The van der Waals surface area contributed by atoms with Gasteiger partial charge in [-0.15, -0.1) is 11.3 Å². The second-order valence-corrected chi connectivity index (χ2v) is 10.3. The van der Waals surface area contributed by atoms with Crippen LogP contribution in [0.25, 0.3) is 0 Å². The fraction of sp³-hybridized carbons (Fsp3) is 0.419. The van der Waals surface area contributed by atoms with Crippen molar-refractivity contribution in [3.05, 3.63) is 76.0 Å². The molecule has 9 heteroatoms. The first-order valence-corrected chi connectivity index (χ1v) is 14.6. The molecule has 2 aromatic carbocycles. The van der Waals surface area contributed by atoms with Crippen molar-refractivity contribution in [2.24, 2.45) is 0 Å². The van der Waals surface area contributed by atoms with E-state index >= 15 is 0 Å². The second-order valence-electron chi connectivity index (χ2n) is 9.29. The molecule has 8 nitrogen and oxygen atoms in total. The predicted molar refractivity (Wildman–Crippen MR) is 161 cm³/mol. The number of carbonyl (C=O) groups is 2. The molecule has 0 bridgehead atoms. The van der Waals surface area contributed by atoms with Crippen molar-refractivity contribution in [1.82, 2.24) is 9.80 Å². The van der Waals surface area contributed by atoms with Gasteiger partial charge in [0.15, 0.2) is 11.5 Å². The smallest absolute Gasteiger partial charge is 0.322 e. The Kier molecular flexibility index (Phi) is 12.8. The lowest BCUT2D eigenvalue weighted by Crippen LogP contribution is -2.45. The molecule has 0 aliphatic rings. The Morgan fingerprint density at radius 3 is 2.30 bits per heavy atom. The molecule has 0 spiro atoms. The number of carbonyl (C=O) groups excluding carboxylic acids is 2. The molecule has 0 aliphatic carbocycles. The minimum atomic E-state index is -0.301. The van der Waals surface area contributed by atoms with E-state index in [2.05, 4.69) is 12.2 Å². The van der Waals surface area contributed by atoms with Crippen LogP contribution in [0.15, 0.2) is 60.0 Å². The third-order valence-corrected chi connectivity index (χ3v) is 7.41. The molecule has 0 saturated heterocycles. The van der Waals surface area contributed by atoms with Crippen LogP contribution < -0.4 is 14.8 Å². The highest BCUT2D eigenvalue weighted by molar-refractivity contribution is 7.09. The summed E-state index contributed by atoms with van der Waals surface area (Å²) < 4.78 is 16.3. The molecule has 40 heavy (non-hydrogen) atoms. The quantitative estimate of drug-likeness (QED) is 0.219. The normalized spacial score (nSPS) is 10.7. The molecule has 3 rings (SSSR count). The minimum absolute atomic E-state index is 0.0255. The molecular weight excluding hydrogens is 526 g/mol. The van der Waals surface area contributed by atoms with Crippen LogP contribution in [-0.4, -0.2) is 68.8 Å². The molecular formula is C31H41N3O5S. The van der Waals surface area contributed by atoms with Crippen molar-refractivity contribution in [2.45, 2.75) is 39.7 Å². The molecule has 0 unspecified atom stereocenters. The van der Waals surface area contributed by atoms with E-state index in [1.165, 1.54) is 5.56 Å². The van der Waals surface area contributed by atoms with Crippen LogP contribution in [0.2, 0.25) is 0 Å². The van der Waals surface area contributed by atoms with Crippen molar-refractivity contribution in [3.8, 4) is 11.5 Å². The molecule has 216 valence electrons. The van der Waals surface area contributed by atoms with Crippen molar-refractivity contribution >= 4 is 29.0 Å². The fourth-order valence-electron chi connectivity index (χ4n) is 4.23. The summed E-state index contributed by atoms with van der Waals surface area (Å²) in [6.45, 7) is 6.53. The van der Waals surface area contributed by atoms with Gasteiger partial charge in [0.2, 0.25) is 5.91 Å². The number of ether oxygens (including phenoxy) is 3. The topological polar surface area (TPSA) is 80.3 Å². The van der Waals surface area contributed by atoms with Gasteiger partial charge in [0.25, 0.3) is 0 Å². The highest BCUT2D eigenvalue weighted by Crippen LogP contribution is 2.28. The van der Waals surface area contributed by atoms with Gasteiger partial charge in [-0.05, 0) is 73.0 Å². The number of rotatable bonds is 16. The number of methoxy groups -OCH3 is 2. The molecule has 1 N–H and O–H groups in total. The second kappa shape index (κ2) is 16.5. The van der Waals surface area contributed by atoms with Gasteiger partial charge in [0, 0.05) is 36.9 Å². The fourth-order valence-corrected chi connectivity index (χ4v) is 4.95. The summed E-state index contributed by atoms with van der Waals surface area (Å²) in [5.74, 6) is 1.21. The van der Waals surface area contributed by atoms with E-state index in [1.54, 1.807) is 30.5 Å². The number of hydrogen-bond donors (Lipinski definition) is 1. The Hall–Kier alpha value is -3.56. The van der Waals surface area contributed by atoms with E-state index < -0.39 is 0 Å². The van der Waals surface area contributed by atoms with Gasteiger partial charge in [-0.25, -0.2) is 4.79 Å². The van der Waals surface area contributed by atoms with Gasteiger partial charge >= 0.3 is 6.03 Å². The van der Waals surface area contributed by atoms with Gasteiger partial charge in [0.1, 0.15) is 6.54 Å². The lowest BCUT2D eigenvalue weighted by molar-refractivity contribution is -0.132. The van der Waals surface area contributed by atoms with Gasteiger partial charge in [-0.3, -0.25) is 4.79 Å². The summed E-state index contributed by atoms with van der Waals surface area (Å²) in [4.78, 5) is 31.5. The monoisotopic (exact) mass is 567 g/mol. The van der Waals surface area contributed by atoms with E-state index in [-0.39, 0.29) is 18.5 Å². The maximum atomic E-state index is 13.7. The number of amides is 3. The van der Waals surface area contributed by atoms with Gasteiger partial charge in [-0.2, -0.15) is 0 Å². The van der Waals surface area contributed by atoms with Gasteiger partial charge in [0.05, 0.1) is 20.8 Å². The summed E-state index contributed by atoms with van der Waals surface area (Å²) in [7, 11) is 3.22. The number of anilines is 1. The van der Waals surface area contributed by atoms with Crippen molar-refractivity contribution < 1.29 is 23.8 Å². The summed E-state index contributed by atoms with van der Waals surface area (Å²) in [5, 5.41) is 4.96. The highest BCUT2D eigenvalue weighted by atomic mass is 32.1. The number of urea groups is 1. The number of nitrogens with one attached hydrogen (secondary N) is 1. The van der Waals surface area contributed by atoms with E-state index in [0.29, 0.717) is 62.9 Å². The van der Waals surface area contributed by atoms with Gasteiger partial charge in [-0.1, -0.05) is 31.2 Å². The lowest BCUT2D eigenvalue weighted by atomic mass is 10.1. The maximum absolute atomic E-state index is 13.7. The number of thiophene rings is 1. The highest BCUT2D eigenvalue weighted by Gasteiger charge is 2.22. The Balaban J connectivity index is 1.73. The minimum Gasteiger partial charge on any atom is -0.493 e. The number of hydrogen-bond acceptors (Lipinski definition) is 6. The first-order valence-electron chi connectivity index (χ1n) is 13.7. The first kappa shape index (κ1) is 31.0. The molecule has 1 heterocycles. The third kappa shape index (κ3) is 9.57. The SMILES string of the molecule is CCOCCCN(CC(=O)N(CCc1ccc(OC)c(OC)c1)Cc1cccs1)C(=O)Nc1ccc(CC)cc1. The molecule has 3 amide bonds. The number of aryl methyl sites for hydroxylation is 1. The molecule has 3 aromatic rings. The van der Waals surface area contributed by atoms with Crippen LogP contribution in [0.5, 0.6) is 11.5 Å². The standard InChI is InChI=1S/C31H41N3O5S/c1-5-24-10-13-26(14-11-24)32-31(36)34(17-8-19-39-6-2)23-30(35)33(22-27-9-7-20-40-27)18-16-25-12-15-28(37-3)29(21-25)38-4/h7,9-15,20-21H,5-6,8,16-19,22-23H2,1-4H3,(H,32,36). The summed E-state index contributed by atoms with van der Waals surface area (Å²) in [5.41, 5.74) is 2.93. The predicted octanol–water partition coefficient (Wildman–Crippen LogP) is 5.86. The lowest BCUT2D eigenvalue weighted by Gasteiger charge is -2.28. The van der Waals surface area contributed by atoms with Crippen LogP contribution in [0.1, 0.15) is 36.3 Å². The van der Waals surface area contributed by atoms with Crippen LogP contribution >= 0.6 is 11.3 Å². The molecule has 0 saturated carbocycles. The average molecular weight is 568 g/mol. The molecule has 0 fully saturated rings. The van der Waals surface area contributed by atoms with Crippen molar-refractivity contribution in [3.63, 3.8) is 0 Å². The Labute approximate surface area is 241 Å². The van der Waals surface area contributed by atoms with Crippen LogP contribution in [0.3, 0.4) is 0 Å². The average Bonchev–Trinajstić information content (AvgIpc) is 3.50. The van der Waals surface area contributed by atoms with Crippen LogP contribution in [0.4, 0.5) is 10.5 Å². The van der Waals surface area contributed by atoms with Crippen molar-refractivity contribution in [2.75, 3.05) is 52.4 Å². The molecule has 1 aromatic heterocycles. The number of nitrogens with zero attached hydrogens (tertiary/aromatic N) is 2. The zero-order valence-electron chi connectivity index (χ0n) is 24.0. The number of benzene rings is 2. The molecule has 0 aliphatic heterocycles. The first-order chi connectivity index (χ1) is 19.5. The summed E-state index contributed by atoms with van der Waals surface area (Å²) >= 11 is 1.61. The Morgan fingerprint density at radius 2 is 1.65 bits per heavy atom. The van der Waals surface area contributed by atoms with Crippen LogP contribution in [0, 0.1) is 0 Å². The maximum Gasteiger partial charge on any atom is 0.322 e. The van der Waals surface area contributed by atoms with E-state index in [4.69, 9.17) is 14.2 Å². The van der Waals surface area contributed by atoms with E-state index in [1.807, 2.05) is 71.8 Å². The van der Waals surface area contributed by atoms with Crippen LogP contribution in [-0.2, 0) is 28.9 Å². The summed E-state index contributed by atoms with van der Waals surface area (Å²) in [6, 6.07) is 17.3. The van der Waals surface area contributed by atoms with E-state index in [0.717, 1.165) is 16.9 Å². The zero-order chi connectivity index (χ0) is 28.7. The van der Waals surface area contributed by atoms with Gasteiger partial charge < -0.3 is 29.3 Å². The third-order valence-electron chi connectivity index (χ3n) is 6.55. The molecule has 0 radical (unpaired) electrons. The van der Waals surface area contributed by atoms with Crippen molar-refractivity contribution in [1.29, 1.82) is 0 Å². The largest absolute Gasteiger partial charge is 0.493 e. The molecule has 0 atom stereocenters. The zero-order valence-corrected chi connectivity index (χ0v) is 24.8. The Bertz CT molecular complexity index is 1180.